The van der Waals surface area contributed by atoms with E-state index in [4.69, 9.17) is 5.26 Å². The molecule has 1 aliphatic rings. The van der Waals surface area contributed by atoms with Crippen molar-refractivity contribution in [2.45, 2.75) is 30.2 Å². The molecule has 1 aromatic rings. The van der Waals surface area contributed by atoms with Crippen LogP contribution < -0.4 is 4.72 Å². The topological polar surface area (TPSA) is 70.0 Å². The van der Waals surface area contributed by atoms with E-state index in [1.54, 1.807) is 0 Å². The molecule has 0 bridgehead atoms. The van der Waals surface area contributed by atoms with Crippen LogP contribution in [0.3, 0.4) is 0 Å². The lowest BCUT2D eigenvalue weighted by Crippen LogP contribution is -2.36. The predicted molar refractivity (Wildman–Crippen MR) is 71.2 cm³/mol. The number of halogens is 2. The minimum absolute atomic E-state index is 0.128. The van der Waals surface area contributed by atoms with E-state index >= 15 is 0 Å². The summed E-state index contributed by atoms with van der Waals surface area (Å²) in [5, 5.41) is 8.93. The van der Waals surface area contributed by atoms with Crippen LogP contribution in [0.4, 0.5) is 4.39 Å². The molecule has 0 saturated heterocycles. The van der Waals surface area contributed by atoms with E-state index in [0.717, 1.165) is 12.5 Å². The van der Waals surface area contributed by atoms with Crippen LogP contribution in [0.15, 0.2) is 27.6 Å². The third kappa shape index (κ3) is 3.14. The second-order valence-electron chi connectivity index (χ2n) is 4.47. The third-order valence-electron chi connectivity index (χ3n) is 3.19. The van der Waals surface area contributed by atoms with Crippen molar-refractivity contribution in [1.82, 2.24) is 4.72 Å². The molecule has 0 spiro atoms. The molecule has 0 radical (unpaired) electrons. The zero-order valence-electron chi connectivity index (χ0n) is 9.94. The summed E-state index contributed by atoms with van der Waals surface area (Å²) in [6.45, 7) is 0. The Balaban J connectivity index is 2.23. The van der Waals surface area contributed by atoms with Crippen molar-refractivity contribution in [3.05, 3.63) is 28.5 Å². The van der Waals surface area contributed by atoms with E-state index in [0.29, 0.717) is 12.8 Å². The summed E-state index contributed by atoms with van der Waals surface area (Å²) < 4.78 is 40.3. The molecular weight excluding hydrogens is 335 g/mol. The van der Waals surface area contributed by atoms with Crippen molar-refractivity contribution in [2.24, 2.45) is 5.92 Å². The maximum atomic E-state index is 13.4. The normalized spacial score (nSPS) is 23.2. The minimum Gasteiger partial charge on any atom is -0.207 e. The Labute approximate surface area is 119 Å². The number of nitriles is 1. The first-order valence-electron chi connectivity index (χ1n) is 5.81. The molecule has 1 fully saturated rings. The fourth-order valence-electron chi connectivity index (χ4n) is 2.17. The zero-order chi connectivity index (χ0) is 14.0. The van der Waals surface area contributed by atoms with Crippen LogP contribution in [0, 0.1) is 23.1 Å². The molecule has 7 heteroatoms. The van der Waals surface area contributed by atoms with Gasteiger partial charge in [-0.1, -0.05) is 6.42 Å². The Morgan fingerprint density at radius 1 is 1.42 bits per heavy atom. The quantitative estimate of drug-likeness (QED) is 0.914. The van der Waals surface area contributed by atoms with Crippen LogP contribution in [0.25, 0.3) is 0 Å². The van der Waals surface area contributed by atoms with Crippen molar-refractivity contribution in [3.63, 3.8) is 0 Å². The number of sulfonamides is 1. The molecule has 0 heterocycles. The highest BCUT2D eigenvalue weighted by Crippen LogP contribution is 2.27. The van der Waals surface area contributed by atoms with E-state index < -0.39 is 15.8 Å². The van der Waals surface area contributed by atoms with E-state index in [2.05, 4.69) is 26.7 Å². The van der Waals surface area contributed by atoms with Crippen LogP contribution in [0.5, 0.6) is 0 Å². The highest BCUT2D eigenvalue weighted by Gasteiger charge is 2.31. The largest absolute Gasteiger partial charge is 0.240 e. The van der Waals surface area contributed by atoms with Crippen LogP contribution >= 0.6 is 15.9 Å². The fourth-order valence-corrected chi connectivity index (χ4v) is 3.74. The predicted octanol–water partition coefficient (Wildman–Crippen LogP) is 2.56. The van der Waals surface area contributed by atoms with E-state index in [9.17, 15) is 12.8 Å². The summed E-state index contributed by atoms with van der Waals surface area (Å²) in [7, 11) is -3.79. The number of nitrogens with zero attached hydrogens (tertiary/aromatic N) is 1. The van der Waals surface area contributed by atoms with Gasteiger partial charge in [0.15, 0.2) is 0 Å². The lowest BCUT2D eigenvalue weighted by atomic mass is 10.1. The molecule has 2 atom stereocenters. The van der Waals surface area contributed by atoms with E-state index in [1.165, 1.54) is 12.1 Å². The number of hydrogen-bond acceptors (Lipinski definition) is 3. The van der Waals surface area contributed by atoms with Crippen molar-refractivity contribution >= 4 is 26.0 Å². The monoisotopic (exact) mass is 346 g/mol. The summed E-state index contributed by atoms with van der Waals surface area (Å²) >= 11 is 2.97. The van der Waals surface area contributed by atoms with Crippen molar-refractivity contribution in [2.75, 3.05) is 0 Å². The highest BCUT2D eigenvalue weighted by atomic mass is 79.9. The molecule has 2 rings (SSSR count). The van der Waals surface area contributed by atoms with Crippen LogP contribution in [0.2, 0.25) is 0 Å². The first kappa shape index (κ1) is 14.4. The van der Waals surface area contributed by atoms with Gasteiger partial charge in [0.05, 0.1) is 21.4 Å². The second kappa shape index (κ2) is 5.57. The molecule has 2 unspecified atom stereocenters. The summed E-state index contributed by atoms with van der Waals surface area (Å²) in [5.41, 5.74) is 0. The van der Waals surface area contributed by atoms with Crippen molar-refractivity contribution in [3.8, 4) is 6.07 Å². The van der Waals surface area contributed by atoms with Gasteiger partial charge in [-0.15, -0.1) is 0 Å². The first-order valence-corrected chi connectivity index (χ1v) is 8.08. The number of nitrogens with one attached hydrogen (secondary N) is 1. The number of hydrogen-bond donors (Lipinski definition) is 1. The van der Waals surface area contributed by atoms with E-state index in [-0.39, 0.29) is 21.3 Å². The maximum absolute atomic E-state index is 13.4. The Morgan fingerprint density at radius 2 is 2.16 bits per heavy atom. The van der Waals surface area contributed by atoms with Crippen LogP contribution in [0.1, 0.15) is 19.3 Å². The van der Waals surface area contributed by atoms with Gasteiger partial charge in [0.1, 0.15) is 5.82 Å². The Bertz CT molecular complexity index is 627. The first-order chi connectivity index (χ1) is 8.94. The smallest absolute Gasteiger partial charge is 0.207 e. The molecule has 1 aliphatic carbocycles. The van der Waals surface area contributed by atoms with Crippen molar-refractivity contribution in [1.29, 1.82) is 5.26 Å². The molecule has 19 heavy (non-hydrogen) atoms. The minimum atomic E-state index is -3.79. The van der Waals surface area contributed by atoms with Gasteiger partial charge in [-0.3, -0.25) is 0 Å². The van der Waals surface area contributed by atoms with Gasteiger partial charge in [0, 0.05) is 6.04 Å². The SMILES string of the molecule is N#CC1CCCC1NS(=O)(=O)c1ccc(Br)c(F)c1. The van der Waals surface area contributed by atoms with Gasteiger partial charge in [-0.05, 0) is 47.0 Å². The van der Waals surface area contributed by atoms with Gasteiger partial charge in [0.25, 0.3) is 0 Å². The summed E-state index contributed by atoms with van der Waals surface area (Å²) in [6.07, 6.45) is 2.15. The molecular formula is C12H12BrFN2O2S. The Morgan fingerprint density at radius 3 is 2.79 bits per heavy atom. The molecule has 1 N–H and O–H groups in total. The third-order valence-corrected chi connectivity index (χ3v) is 5.32. The molecule has 4 nitrogen and oxygen atoms in total. The molecule has 1 aromatic carbocycles. The Kier molecular flexibility index (Phi) is 4.23. The van der Waals surface area contributed by atoms with Crippen molar-refractivity contribution < 1.29 is 12.8 Å². The van der Waals surface area contributed by atoms with Crippen LogP contribution in [-0.4, -0.2) is 14.5 Å². The highest BCUT2D eigenvalue weighted by molar-refractivity contribution is 9.10. The zero-order valence-corrected chi connectivity index (χ0v) is 12.3. The Hall–Kier alpha value is -0.970. The maximum Gasteiger partial charge on any atom is 0.240 e. The van der Waals surface area contributed by atoms with Gasteiger partial charge in [-0.25, -0.2) is 17.5 Å². The van der Waals surface area contributed by atoms with E-state index in [1.807, 2.05) is 0 Å². The average Bonchev–Trinajstić information content (AvgIpc) is 2.79. The molecule has 0 aromatic heterocycles. The fraction of sp³-hybridized carbons (Fsp3) is 0.417. The number of rotatable bonds is 3. The van der Waals surface area contributed by atoms with Gasteiger partial charge in [-0.2, -0.15) is 5.26 Å². The molecule has 0 amide bonds. The van der Waals surface area contributed by atoms with Gasteiger partial charge >= 0.3 is 0 Å². The summed E-state index contributed by atoms with van der Waals surface area (Å²) in [5.74, 6) is -0.943. The number of benzene rings is 1. The average molecular weight is 347 g/mol. The summed E-state index contributed by atoms with van der Waals surface area (Å²) in [6, 6.07) is 5.35. The molecule has 102 valence electrons. The van der Waals surface area contributed by atoms with Gasteiger partial charge < -0.3 is 0 Å². The standard InChI is InChI=1S/C12H12BrFN2O2S/c13-10-5-4-9(6-11(10)14)19(17,18)16-12-3-1-2-8(12)7-15/h4-6,8,12,16H,1-3H2. The lowest BCUT2D eigenvalue weighted by Gasteiger charge is -2.15. The molecule has 0 aliphatic heterocycles. The van der Waals surface area contributed by atoms with Gasteiger partial charge in [0.2, 0.25) is 10.0 Å². The summed E-state index contributed by atoms with van der Waals surface area (Å²) in [4.78, 5) is -0.128. The second-order valence-corrected chi connectivity index (χ2v) is 7.04. The lowest BCUT2D eigenvalue weighted by molar-refractivity contribution is 0.514. The molecule has 1 saturated carbocycles. The van der Waals surface area contributed by atoms with Crippen LogP contribution in [-0.2, 0) is 10.0 Å².